The highest BCUT2D eigenvalue weighted by Gasteiger charge is 2.27. The fourth-order valence-electron chi connectivity index (χ4n) is 3.15. The van der Waals surface area contributed by atoms with Crippen molar-refractivity contribution in [1.29, 1.82) is 0 Å². The summed E-state index contributed by atoms with van der Waals surface area (Å²) in [4.78, 5) is 27.9. The molecule has 2 aromatic rings. The number of carbonyl (C=O) groups excluding carboxylic acids is 2. The number of carbonyl (C=O) groups is 2. The minimum atomic E-state index is -3.94. The van der Waals surface area contributed by atoms with Crippen LogP contribution in [0.2, 0.25) is 5.02 Å². The van der Waals surface area contributed by atoms with Crippen LogP contribution in [0.4, 0.5) is 15.8 Å². The van der Waals surface area contributed by atoms with Crippen molar-refractivity contribution >= 4 is 44.6 Å². The molecule has 7 nitrogen and oxygen atoms in total. The normalized spacial score (nSPS) is 14.5. The first-order chi connectivity index (χ1) is 14.2. The summed E-state index contributed by atoms with van der Waals surface area (Å²) in [5.41, 5.74) is 1.22. The molecule has 1 aliphatic heterocycles. The van der Waals surface area contributed by atoms with E-state index in [9.17, 15) is 22.4 Å². The summed E-state index contributed by atoms with van der Waals surface area (Å²) in [6.07, 6.45) is 0. The third-order valence-electron chi connectivity index (χ3n) is 4.63. The number of amides is 2. The Balaban J connectivity index is 1.50. The smallest absolute Gasteiger partial charge is 0.239 e. The average Bonchev–Trinajstić information content (AvgIpc) is 2.69. The summed E-state index contributed by atoms with van der Waals surface area (Å²) in [6.45, 7) is 1.86. The Kier molecular flexibility index (Phi) is 6.94. The SMILES string of the molecule is O=C(CS(=O)(=O)CC(=O)N1CCN(c2cccc(Cl)c2)CC1)Nc1ccc(F)cc1. The van der Waals surface area contributed by atoms with Crippen LogP contribution in [0.3, 0.4) is 0 Å². The molecule has 2 amide bonds. The van der Waals surface area contributed by atoms with Gasteiger partial charge in [0, 0.05) is 42.6 Å². The van der Waals surface area contributed by atoms with E-state index in [1.807, 2.05) is 18.2 Å². The highest BCUT2D eigenvalue weighted by Crippen LogP contribution is 2.21. The number of halogens is 2. The van der Waals surface area contributed by atoms with Gasteiger partial charge in [-0.2, -0.15) is 0 Å². The van der Waals surface area contributed by atoms with Crippen molar-refractivity contribution in [3.05, 3.63) is 59.4 Å². The number of nitrogens with one attached hydrogen (secondary N) is 1. The lowest BCUT2D eigenvalue weighted by Gasteiger charge is -2.36. The van der Waals surface area contributed by atoms with E-state index in [2.05, 4.69) is 10.2 Å². The number of piperazine rings is 1. The van der Waals surface area contributed by atoms with Gasteiger partial charge in [-0.05, 0) is 42.5 Å². The number of benzene rings is 2. The molecule has 1 heterocycles. The van der Waals surface area contributed by atoms with Crippen molar-refractivity contribution in [3.8, 4) is 0 Å². The lowest BCUT2D eigenvalue weighted by atomic mass is 10.2. The van der Waals surface area contributed by atoms with Gasteiger partial charge in [0.15, 0.2) is 9.84 Å². The molecule has 0 atom stereocenters. The first kappa shape index (κ1) is 22.0. The molecule has 0 saturated carbocycles. The van der Waals surface area contributed by atoms with Gasteiger partial charge in [0.2, 0.25) is 11.8 Å². The molecule has 10 heteroatoms. The summed E-state index contributed by atoms with van der Waals surface area (Å²) in [6, 6.07) is 12.3. The third-order valence-corrected chi connectivity index (χ3v) is 6.25. The lowest BCUT2D eigenvalue weighted by molar-refractivity contribution is -0.128. The zero-order valence-electron chi connectivity index (χ0n) is 16.1. The maximum Gasteiger partial charge on any atom is 0.239 e. The van der Waals surface area contributed by atoms with Crippen molar-refractivity contribution in [2.24, 2.45) is 0 Å². The molecule has 30 heavy (non-hydrogen) atoms. The van der Waals surface area contributed by atoms with E-state index < -0.39 is 39.0 Å². The van der Waals surface area contributed by atoms with E-state index >= 15 is 0 Å². The van der Waals surface area contributed by atoms with E-state index in [1.54, 1.807) is 6.07 Å². The van der Waals surface area contributed by atoms with Crippen LogP contribution in [0.15, 0.2) is 48.5 Å². The van der Waals surface area contributed by atoms with Crippen molar-refractivity contribution in [3.63, 3.8) is 0 Å². The Labute approximate surface area is 179 Å². The van der Waals surface area contributed by atoms with Crippen LogP contribution in [0.25, 0.3) is 0 Å². The zero-order chi connectivity index (χ0) is 21.7. The minimum absolute atomic E-state index is 0.278. The Morgan fingerprint density at radius 3 is 2.30 bits per heavy atom. The third kappa shape index (κ3) is 6.17. The van der Waals surface area contributed by atoms with Crippen LogP contribution in [0.5, 0.6) is 0 Å². The quantitative estimate of drug-likeness (QED) is 0.724. The zero-order valence-corrected chi connectivity index (χ0v) is 17.6. The molecule has 0 bridgehead atoms. The van der Waals surface area contributed by atoms with Crippen LogP contribution in [0.1, 0.15) is 0 Å². The van der Waals surface area contributed by atoms with E-state index in [1.165, 1.54) is 17.0 Å². The van der Waals surface area contributed by atoms with Gasteiger partial charge < -0.3 is 15.1 Å². The second-order valence-electron chi connectivity index (χ2n) is 6.94. The van der Waals surface area contributed by atoms with Gasteiger partial charge in [-0.3, -0.25) is 9.59 Å². The first-order valence-corrected chi connectivity index (χ1v) is 11.5. The van der Waals surface area contributed by atoms with Crippen LogP contribution < -0.4 is 10.2 Å². The molecular weight excluding hydrogens is 433 g/mol. The molecule has 0 spiro atoms. The second kappa shape index (κ2) is 9.44. The predicted molar refractivity (Wildman–Crippen MR) is 114 cm³/mol. The summed E-state index contributed by atoms with van der Waals surface area (Å²) in [5, 5.41) is 3.00. The van der Waals surface area contributed by atoms with Crippen molar-refractivity contribution in [1.82, 2.24) is 4.90 Å². The van der Waals surface area contributed by atoms with E-state index in [4.69, 9.17) is 11.6 Å². The molecule has 2 aromatic carbocycles. The van der Waals surface area contributed by atoms with Crippen LogP contribution in [-0.2, 0) is 19.4 Å². The number of sulfone groups is 1. The van der Waals surface area contributed by atoms with Crippen molar-refractivity contribution in [2.45, 2.75) is 0 Å². The molecule has 1 N–H and O–H groups in total. The molecular formula is C20H21ClFN3O4S. The van der Waals surface area contributed by atoms with Crippen molar-refractivity contribution in [2.75, 3.05) is 47.9 Å². The monoisotopic (exact) mass is 453 g/mol. The minimum Gasteiger partial charge on any atom is -0.368 e. The summed E-state index contributed by atoms with van der Waals surface area (Å²) >= 11 is 6.01. The van der Waals surface area contributed by atoms with E-state index in [0.717, 1.165) is 17.8 Å². The van der Waals surface area contributed by atoms with Gasteiger partial charge in [0.25, 0.3) is 0 Å². The maximum absolute atomic E-state index is 12.9. The van der Waals surface area contributed by atoms with Crippen molar-refractivity contribution < 1.29 is 22.4 Å². The number of hydrogen-bond acceptors (Lipinski definition) is 5. The van der Waals surface area contributed by atoms with Gasteiger partial charge in [-0.15, -0.1) is 0 Å². The summed E-state index contributed by atoms with van der Waals surface area (Å²) in [5.74, 6) is -3.34. The van der Waals surface area contributed by atoms with Crippen LogP contribution in [-0.4, -0.2) is 62.8 Å². The summed E-state index contributed by atoms with van der Waals surface area (Å²) < 4.78 is 37.4. The highest BCUT2D eigenvalue weighted by molar-refractivity contribution is 7.92. The second-order valence-corrected chi connectivity index (χ2v) is 9.44. The molecule has 1 fully saturated rings. The topological polar surface area (TPSA) is 86.8 Å². The fraction of sp³-hybridized carbons (Fsp3) is 0.300. The number of rotatable bonds is 6. The molecule has 1 saturated heterocycles. The highest BCUT2D eigenvalue weighted by atomic mass is 35.5. The van der Waals surface area contributed by atoms with Gasteiger partial charge in [-0.1, -0.05) is 17.7 Å². The number of anilines is 2. The molecule has 3 rings (SSSR count). The van der Waals surface area contributed by atoms with Gasteiger partial charge in [0.1, 0.15) is 17.3 Å². The van der Waals surface area contributed by atoms with Crippen LogP contribution >= 0.6 is 11.6 Å². The Morgan fingerprint density at radius 1 is 1.00 bits per heavy atom. The Hall–Kier alpha value is -2.65. The number of hydrogen-bond donors (Lipinski definition) is 1. The maximum atomic E-state index is 12.9. The lowest BCUT2D eigenvalue weighted by Crippen LogP contribution is -2.50. The average molecular weight is 454 g/mol. The number of nitrogens with zero attached hydrogens (tertiary/aromatic N) is 2. The standard InChI is InChI=1S/C20H21ClFN3O4S/c21-15-2-1-3-18(12-15)24-8-10-25(11-9-24)20(27)14-30(28,29)13-19(26)23-17-6-4-16(22)5-7-17/h1-7,12H,8-11,13-14H2,(H,23,26). The predicted octanol–water partition coefficient (Wildman–Crippen LogP) is 2.18. The molecule has 0 aromatic heterocycles. The summed E-state index contributed by atoms with van der Waals surface area (Å²) in [7, 11) is -3.94. The molecule has 160 valence electrons. The molecule has 0 unspecified atom stereocenters. The van der Waals surface area contributed by atoms with Crippen LogP contribution in [0, 0.1) is 5.82 Å². The van der Waals surface area contributed by atoms with Gasteiger partial charge >= 0.3 is 0 Å². The van der Waals surface area contributed by atoms with E-state index in [-0.39, 0.29) is 5.69 Å². The Morgan fingerprint density at radius 2 is 1.67 bits per heavy atom. The molecule has 1 aliphatic rings. The fourth-order valence-corrected chi connectivity index (χ4v) is 4.46. The van der Waals surface area contributed by atoms with Gasteiger partial charge in [-0.25, -0.2) is 12.8 Å². The largest absolute Gasteiger partial charge is 0.368 e. The first-order valence-electron chi connectivity index (χ1n) is 9.26. The van der Waals surface area contributed by atoms with Gasteiger partial charge in [0.05, 0.1) is 0 Å². The molecule has 0 radical (unpaired) electrons. The van der Waals surface area contributed by atoms with E-state index in [0.29, 0.717) is 31.2 Å². The molecule has 0 aliphatic carbocycles. The Bertz CT molecular complexity index is 1020.